The molecule has 0 aliphatic carbocycles. The molecule has 1 aromatic rings. The first-order valence-corrected chi connectivity index (χ1v) is 5.18. The Morgan fingerprint density at radius 3 is 2.33 bits per heavy atom. The number of benzene rings is 1. The lowest BCUT2D eigenvalue weighted by atomic mass is 10.2. The van der Waals surface area contributed by atoms with Crippen molar-refractivity contribution in [2.45, 2.75) is 0 Å². The van der Waals surface area contributed by atoms with Crippen molar-refractivity contribution in [1.82, 2.24) is 4.90 Å². The molecule has 98 valence electrons. The number of carbonyl (C=O) groups is 1. The van der Waals surface area contributed by atoms with Gasteiger partial charge in [-0.3, -0.25) is 10.1 Å². The van der Waals surface area contributed by atoms with Crippen LogP contribution in [0.4, 0.5) is 16.2 Å². The summed E-state index contributed by atoms with van der Waals surface area (Å²) in [5, 5.41) is 10.8. The van der Waals surface area contributed by atoms with Crippen molar-refractivity contribution in [3.05, 3.63) is 28.3 Å². The molecule has 0 heterocycles. The Balaban J connectivity index is 3.15. The van der Waals surface area contributed by atoms with Crippen LogP contribution in [-0.4, -0.2) is 44.1 Å². The number of ether oxygens (including phenoxy) is 1. The van der Waals surface area contributed by atoms with E-state index in [-0.39, 0.29) is 11.4 Å². The third-order valence-corrected chi connectivity index (χ3v) is 2.22. The first kappa shape index (κ1) is 13.8. The summed E-state index contributed by atoms with van der Waals surface area (Å²) in [6, 6.07) is 4.36. The van der Waals surface area contributed by atoms with E-state index in [1.807, 2.05) is 0 Å². The molecule has 0 N–H and O–H groups in total. The molecule has 0 radical (unpaired) electrons. The standard InChI is InChI=1S/C11H15N3O4/c1-12(2)8-5-6-9(14(16)17)10(7-8)18-11(15)13(3)4/h5-7H,1-4H3. The van der Waals surface area contributed by atoms with Crippen LogP contribution in [0, 0.1) is 10.1 Å². The molecule has 0 atom stereocenters. The molecular formula is C11H15N3O4. The Morgan fingerprint density at radius 2 is 1.89 bits per heavy atom. The van der Waals surface area contributed by atoms with E-state index in [1.165, 1.54) is 31.1 Å². The SMILES string of the molecule is CN(C)C(=O)Oc1cc(N(C)C)ccc1[N+](=O)[O-]. The van der Waals surface area contributed by atoms with Crippen molar-refractivity contribution in [3.8, 4) is 5.75 Å². The Hall–Kier alpha value is -2.31. The largest absolute Gasteiger partial charge is 0.414 e. The van der Waals surface area contributed by atoms with Gasteiger partial charge in [0.05, 0.1) is 4.92 Å². The molecular weight excluding hydrogens is 238 g/mol. The van der Waals surface area contributed by atoms with Crippen molar-refractivity contribution in [2.75, 3.05) is 33.1 Å². The predicted molar refractivity (Wildman–Crippen MR) is 67.1 cm³/mol. The second kappa shape index (κ2) is 5.35. The van der Waals surface area contributed by atoms with Crippen LogP contribution in [0.5, 0.6) is 5.75 Å². The van der Waals surface area contributed by atoms with Gasteiger partial charge in [0, 0.05) is 46.0 Å². The van der Waals surface area contributed by atoms with E-state index in [0.29, 0.717) is 5.69 Å². The van der Waals surface area contributed by atoms with E-state index in [1.54, 1.807) is 25.1 Å². The number of anilines is 1. The van der Waals surface area contributed by atoms with Crippen molar-refractivity contribution in [1.29, 1.82) is 0 Å². The van der Waals surface area contributed by atoms with E-state index >= 15 is 0 Å². The second-order valence-electron chi connectivity index (χ2n) is 4.07. The number of hydrogen-bond acceptors (Lipinski definition) is 5. The normalized spacial score (nSPS) is 9.78. The summed E-state index contributed by atoms with van der Waals surface area (Å²) in [4.78, 5) is 24.7. The van der Waals surface area contributed by atoms with Crippen molar-refractivity contribution in [2.24, 2.45) is 0 Å². The lowest BCUT2D eigenvalue weighted by Crippen LogP contribution is -2.25. The Bertz CT molecular complexity index is 471. The third-order valence-electron chi connectivity index (χ3n) is 2.22. The number of hydrogen-bond donors (Lipinski definition) is 0. The lowest BCUT2D eigenvalue weighted by Gasteiger charge is -2.15. The van der Waals surface area contributed by atoms with E-state index in [0.717, 1.165) is 0 Å². The molecule has 0 aliphatic rings. The number of amides is 1. The van der Waals surface area contributed by atoms with Gasteiger partial charge in [0.25, 0.3) is 0 Å². The number of rotatable bonds is 3. The molecule has 7 heteroatoms. The van der Waals surface area contributed by atoms with Gasteiger partial charge in [0.2, 0.25) is 5.75 Å². The van der Waals surface area contributed by atoms with E-state index in [2.05, 4.69) is 0 Å². The highest BCUT2D eigenvalue weighted by Gasteiger charge is 2.19. The number of nitro groups is 1. The van der Waals surface area contributed by atoms with Crippen LogP contribution in [0.1, 0.15) is 0 Å². The molecule has 0 aliphatic heterocycles. The van der Waals surface area contributed by atoms with E-state index < -0.39 is 11.0 Å². The fraction of sp³-hybridized carbons (Fsp3) is 0.364. The average Bonchev–Trinajstić information content (AvgIpc) is 2.28. The average molecular weight is 253 g/mol. The molecule has 1 rings (SSSR count). The molecule has 0 saturated heterocycles. The van der Waals surface area contributed by atoms with Gasteiger partial charge in [0.1, 0.15) is 0 Å². The zero-order valence-corrected chi connectivity index (χ0v) is 10.7. The van der Waals surface area contributed by atoms with Gasteiger partial charge in [-0.25, -0.2) is 4.79 Å². The van der Waals surface area contributed by atoms with Crippen molar-refractivity contribution < 1.29 is 14.5 Å². The molecule has 0 unspecified atom stereocenters. The molecule has 1 amide bonds. The zero-order valence-electron chi connectivity index (χ0n) is 10.7. The molecule has 0 fully saturated rings. The maximum atomic E-state index is 11.4. The highest BCUT2D eigenvalue weighted by atomic mass is 16.6. The monoisotopic (exact) mass is 253 g/mol. The van der Waals surface area contributed by atoms with Gasteiger partial charge in [0.15, 0.2) is 0 Å². The summed E-state index contributed by atoms with van der Waals surface area (Å²) in [5.41, 5.74) is 0.470. The van der Waals surface area contributed by atoms with Crippen LogP contribution in [0.25, 0.3) is 0 Å². The number of nitrogens with zero attached hydrogens (tertiary/aromatic N) is 3. The Morgan fingerprint density at radius 1 is 1.28 bits per heavy atom. The second-order valence-corrected chi connectivity index (χ2v) is 4.07. The Kier molecular flexibility index (Phi) is 4.09. The molecule has 0 spiro atoms. The zero-order chi connectivity index (χ0) is 13.9. The first-order chi connectivity index (χ1) is 8.32. The minimum Gasteiger partial charge on any atom is -0.403 e. The van der Waals surface area contributed by atoms with Gasteiger partial charge in [-0.2, -0.15) is 0 Å². The van der Waals surface area contributed by atoms with E-state index in [4.69, 9.17) is 4.74 Å². The van der Waals surface area contributed by atoms with Gasteiger partial charge in [-0.15, -0.1) is 0 Å². The van der Waals surface area contributed by atoms with Gasteiger partial charge < -0.3 is 14.5 Å². The molecule has 0 aromatic heterocycles. The topological polar surface area (TPSA) is 75.9 Å². The summed E-state index contributed by atoms with van der Waals surface area (Å²) in [6.07, 6.45) is -0.658. The lowest BCUT2D eigenvalue weighted by molar-refractivity contribution is -0.385. The summed E-state index contributed by atoms with van der Waals surface area (Å²) < 4.78 is 4.98. The minimum absolute atomic E-state index is 0.0649. The summed E-state index contributed by atoms with van der Waals surface area (Å²) in [6.45, 7) is 0. The van der Waals surface area contributed by atoms with Crippen LogP contribution in [-0.2, 0) is 0 Å². The fourth-order valence-corrected chi connectivity index (χ4v) is 1.20. The van der Waals surface area contributed by atoms with Crippen LogP contribution < -0.4 is 9.64 Å². The smallest absolute Gasteiger partial charge is 0.403 e. The van der Waals surface area contributed by atoms with Crippen LogP contribution in [0.15, 0.2) is 18.2 Å². The fourth-order valence-electron chi connectivity index (χ4n) is 1.20. The Labute approximate surface area is 105 Å². The summed E-state index contributed by atoms with van der Waals surface area (Å²) in [7, 11) is 6.59. The third kappa shape index (κ3) is 3.09. The number of carbonyl (C=O) groups excluding carboxylic acids is 1. The number of nitro benzene ring substituents is 1. The van der Waals surface area contributed by atoms with Crippen molar-refractivity contribution >= 4 is 17.5 Å². The van der Waals surface area contributed by atoms with Crippen LogP contribution in [0.2, 0.25) is 0 Å². The van der Waals surface area contributed by atoms with Gasteiger partial charge >= 0.3 is 11.8 Å². The van der Waals surface area contributed by atoms with E-state index in [9.17, 15) is 14.9 Å². The summed E-state index contributed by atoms with van der Waals surface area (Å²) in [5.74, 6) is -0.0649. The highest BCUT2D eigenvalue weighted by molar-refractivity contribution is 5.73. The quantitative estimate of drug-likeness (QED) is 0.605. The van der Waals surface area contributed by atoms with Gasteiger partial charge in [-0.05, 0) is 6.07 Å². The maximum absolute atomic E-state index is 11.4. The maximum Gasteiger partial charge on any atom is 0.414 e. The first-order valence-electron chi connectivity index (χ1n) is 5.18. The highest BCUT2D eigenvalue weighted by Crippen LogP contribution is 2.31. The molecule has 0 saturated carbocycles. The van der Waals surface area contributed by atoms with Crippen LogP contribution in [0.3, 0.4) is 0 Å². The molecule has 1 aromatic carbocycles. The molecule has 18 heavy (non-hydrogen) atoms. The van der Waals surface area contributed by atoms with Crippen LogP contribution >= 0.6 is 0 Å². The predicted octanol–water partition coefficient (Wildman–Crippen LogP) is 1.72. The minimum atomic E-state index is -0.658. The van der Waals surface area contributed by atoms with Gasteiger partial charge in [-0.1, -0.05) is 0 Å². The van der Waals surface area contributed by atoms with Crippen molar-refractivity contribution in [3.63, 3.8) is 0 Å². The molecule has 0 bridgehead atoms. The molecule has 7 nitrogen and oxygen atoms in total. The summed E-state index contributed by atoms with van der Waals surface area (Å²) >= 11 is 0.